The van der Waals surface area contributed by atoms with Gasteiger partial charge in [0, 0.05) is 12.1 Å². The van der Waals surface area contributed by atoms with E-state index in [-0.39, 0.29) is 47.1 Å². The minimum absolute atomic E-state index is 0.0383. The van der Waals surface area contributed by atoms with Gasteiger partial charge < -0.3 is 24.9 Å². The van der Waals surface area contributed by atoms with Crippen LogP contribution in [0.2, 0.25) is 10.0 Å². The Bertz CT molecular complexity index is 1410. The molecule has 4 N–H and O–H groups in total. The number of rotatable bonds is 15. The van der Waals surface area contributed by atoms with Crippen molar-refractivity contribution in [2.24, 2.45) is 10.1 Å². The highest BCUT2D eigenvalue weighted by Crippen LogP contribution is 2.32. The number of halogens is 2. The van der Waals surface area contributed by atoms with Crippen molar-refractivity contribution in [2.45, 2.75) is 46.3 Å². The number of hydrogen-bond acceptors (Lipinski definition) is 9. The fourth-order valence-electron chi connectivity index (χ4n) is 3.55. The first-order valence-corrected chi connectivity index (χ1v) is 15.1. The van der Waals surface area contributed by atoms with Crippen LogP contribution in [0.4, 0.5) is 10.5 Å². The largest absolute Gasteiger partial charge is 0.490 e. The summed E-state index contributed by atoms with van der Waals surface area (Å²) in [4.78, 5) is 47.6. The smallest absolute Gasteiger partial charge is 0.414 e. The molecule has 12 nitrogen and oxygen atoms in total. The van der Waals surface area contributed by atoms with E-state index in [1.165, 1.54) is 0 Å². The summed E-state index contributed by atoms with van der Waals surface area (Å²) in [5, 5.41) is 15.1. The highest BCUT2D eigenvalue weighted by molar-refractivity contribution is 6.39. The van der Waals surface area contributed by atoms with E-state index in [9.17, 15) is 14.4 Å². The maximum atomic E-state index is 13.2. The summed E-state index contributed by atoms with van der Waals surface area (Å²) in [5.74, 6) is -0.441. The number of carbonyl (C=O) groups excluding carboxylic acids is 3. The van der Waals surface area contributed by atoms with Crippen molar-refractivity contribution in [1.82, 2.24) is 16.0 Å². The average molecular weight is 676 g/mol. The molecule has 14 heteroatoms. The second-order valence-electron chi connectivity index (χ2n) is 10.5. The van der Waals surface area contributed by atoms with E-state index in [1.54, 1.807) is 76.2 Å². The first kappa shape index (κ1) is 37.8. The first-order valence-electron chi connectivity index (χ1n) is 14.3. The molecular formula is C32H40Cl2N6O6. The minimum Gasteiger partial charge on any atom is -0.490 e. The van der Waals surface area contributed by atoms with Crippen molar-refractivity contribution in [1.29, 1.82) is 0 Å². The van der Waals surface area contributed by atoms with Crippen molar-refractivity contribution < 1.29 is 28.7 Å². The molecule has 0 unspecified atom stereocenters. The van der Waals surface area contributed by atoms with E-state index >= 15 is 0 Å². The van der Waals surface area contributed by atoms with Crippen LogP contribution in [0, 0.1) is 0 Å². The van der Waals surface area contributed by atoms with Crippen LogP contribution in [-0.4, -0.2) is 61.5 Å². The fraction of sp³-hybridized carbons (Fsp3) is 0.344. The molecule has 0 fully saturated rings. The van der Waals surface area contributed by atoms with Crippen LogP contribution < -0.4 is 26.0 Å². The number of hydrogen-bond donors (Lipinski definition) is 4. The molecule has 0 atom stereocenters. The summed E-state index contributed by atoms with van der Waals surface area (Å²) < 4.78 is 10.9. The van der Waals surface area contributed by atoms with Gasteiger partial charge in [-0.15, -0.1) is 6.58 Å². The Kier molecular flexibility index (Phi) is 15.8. The molecule has 0 aliphatic rings. The molecule has 0 spiro atoms. The highest BCUT2D eigenvalue weighted by Gasteiger charge is 2.20. The van der Waals surface area contributed by atoms with E-state index < -0.39 is 17.6 Å². The van der Waals surface area contributed by atoms with Crippen LogP contribution in [-0.2, 0) is 25.7 Å². The summed E-state index contributed by atoms with van der Waals surface area (Å²) in [6.45, 7) is 15.2. The molecule has 0 bridgehead atoms. The zero-order valence-corrected chi connectivity index (χ0v) is 27.9. The molecule has 0 saturated heterocycles. The number of nitrogens with one attached hydrogen (secondary N) is 4. The van der Waals surface area contributed by atoms with Gasteiger partial charge in [-0.05, 0) is 69.7 Å². The highest BCUT2D eigenvalue weighted by atomic mass is 35.5. The second kappa shape index (κ2) is 19.2. The lowest BCUT2D eigenvalue weighted by Crippen LogP contribution is -2.46. The van der Waals surface area contributed by atoms with Gasteiger partial charge in [0.15, 0.2) is 0 Å². The molecule has 0 aliphatic carbocycles. The maximum absolute atomic E-state index is 13.2. The number of guanidine groups is 1. The van der Waals surface area contributed by atoms with E-state index in [2.05, 4.69) is 44.6 Å². The predicted octanol–water partition coefficient (Wildman–Crippen LogP) is 5.60. The molecule has 0 aromatic heterocycles. The molecule has 0 radical (unpaired) electrons. The Balaban J connectivity index is 2.26. The molecule has 248 valence electrons. The standard InChI is InChI=1S/C32H40Cl2N6O6/c1-7-14-35-20-28(42)37-29-24(33)16-21(17-25(29)34)19-36-30(39-31(43)46-32(4,5)6)38-27(41)18-26(40-45-9-3)22-10-12-23(13-11-22)44-15-8-2/h7-8,10-13,16-17,35H,1-2,9,14-15,18-20H2,3-6H3,(H,37,42)(H2,36,38,39,41,43). The van der Waals surface area contributed by atoms with E-state index in [4.69, 9.17) is 37.5 Å². The van der Waals surface area contributed by atoms with E-state index in [1.807, 2.05) is 0 Å². The van der Waals surface area contributed by atoms with Gasteiger partial charge in [0.2, 0.25) is 17.8 Å². The van der Waals surface area contributed by atoms with Crippen molar-refractivity contribution in [2.75, 3.05) is 31.6 Å². The number of amides is 3. The molecule has 2 rings (SSSR count). The molecule has 2 aromatic rings. The molecule has 0 heterocycles. The maximum Gasteiger partial charge on any atom is 0.414 e. The van der Waals surface area contributed by atoms with Gasteiger partial charge in [-0.2, -0.15) is 0 Å². The topological polar surface area (TPSA) is 152 Å². The number of nitrogens with zero attached hydrogens (tertiary/aromatic N) is 2. The van der Waals surface area contributed by atoms with Crippen LogP contribution in [0.5, 0.6) is 5.75 Å². The molecule has 46 heavy (non-hydrogen) atoms. The first-order chi connectivity index (χ1) is 21.8. The number of ether oxygens (including phenoxy) is 2. The van der Waals surface area contributed by atoms with Crippen LogP contribution in [0.1, 0.15) is 45.2 Å². The van der Waals surface area contributed by atoms with Crippen LogP contribution in [0.25, 0.3) is 0 Å². The van der Waals surface area contributed by atoms with Crippen molar-refractivity contribution in [3.8, 4) is 5.75 Å². The van der Waals surface area contributed by atoms with Gasteiger partial charge >= 0.3 is 6.09 Å². The third kappa shape index (κ3) is 14.1. The van der Waals surface area contributed by atoms with Crippen LogP contribution >= 0.6 is 23.2 Å². The lowest BCUT2D eigenvalue weighted by molar-refractivity contribution is -0.118. The van der Waals surface area contributed by atoms with Crippen molar-refractivity contribution >= 4 is 58.5 Å². The summed E-state index contributed by atoms with van der Waals surface area (Å²) in [5.41, 5.74) is 0.931. The number of anilines is 1. The third-order valence-electron chi connectivity index (χ3n) is 5.42. The van der Waals surface area contributed by atoms with Gasteiger partial charge in [-0.25, -0.2) is 9.79 Å². The van der Waals surface area contributed by atoms with Crippen LogP contribution in [0.15, 0.2) is 71.9 Å². The number of carbonyl (C=O) groups is 3. The SMILES string of the molecule is C=CCNCC(=O)Nc1c(Cl)cc(CN=C(NC(=O)CC(=NOCC)c2ccc(OCC=C)cc2)NC(=O)OC(C)(C)C)cc1Cl. The number of benzene rings is 2. The normalized spacial score (nSPS) is 11.7. The van der Waals surface area contributed by atoms with E-state index in [0.717, 1.165) is 0 Å². The van der Waals surface area contributed by atoms with Crippen molar-refractivity contribution in [3.63, 3.8) is 0 Å². The molecule has 3 amide bonds. The number of oxime groups is 1. The lowest BCUT2D eigenvalue weighted by Gasteiger charge is -2.20. The molecule has 2 aromatic carbocycles. The van der Waals surface area contributed by atoms with Crippen LogP contribution in [0.3, 0.4) is 0 Å². The number of alkyl carbamates (subject to hydrolysis) is 1. The molecular weight excluding hydrogens is 635 g/mol. The monoisotopic (exact) mass is 674 g/mol. The summed E-state index contributed by atoms with van der Waals surface area (Å²) in [7, 11) is 0. The molecule has 0 aliphatic heterocycles. The van der Waals surface area contributed by atoms with Gasteiger partial charge in [-0.1, -0.05) is 47.1 Å². The van der Waals surface area contributed by atoms with Gasteiger partial charge in [0.05, 0.1) is 41.0 Å². The Labute approximate surface area is 279 Å². The van der Waals surface area contributed by atoms with Gasteiger partial charge in [0.25, 0.3) is 0 Å². The zero-order valence-electron chi connectivity index (χ0n) is 26.4. The Morgan fingerprint density at radius 3 is 2.24 bits per heavy atom. The Hall–Kier alpha value is -4.39. The predicted molar refractivity (Wildman–Crippen MR) is 182 cm³/mol. The quantitative estimate of drug-likeness (QED) is 0.0631. The van der Waals surface area contributed by atoms with E-state index in [0.29, 0.717) is 42.3 Å². The van der Waals surface area contributed by atoms with Gasteiger partial charge in [0.1, 0.15) is 24.6 Å². The number of aliphatic imine (C=N–C) groups is 1. The minimum atomic E-state index is -0.830. The fourth-order valence-corrected chi connectivity index (χ4v) is 4.17. The third-order valence-corrected chi connectivity index (χ3v) is 6.02. The van der Waals surface area contributed by atoms with Gasteiger partial charge in [-0.3, -0.25) is 20.2 Å². The summed E-state index contributed by atoms with van der Waals surface area (Å²) >= 11 is 12.8. The lowest BCUT2D eigenvalue weighted by atomic mass is 10.1. The Morgan fingerprint density at radius 1 is 0.978 bits per heavy atom. The summed E-state index contributed by atoms with van der Waals surface area (Å²) in [6, 6.07) is 10.1. The summed E-state index contributed by atoms with van der Waals surface area (Å²) in [6.07, 6.45) is 2.22. The zero-order chi connectivity index (χ0) is 34.1. The average Bonchev–Trinajstić information content (AvgIpc) is 2.98. The Morgan fingerprint density at radius 2 is 1.65 bits per heavy atom. The molecule has 0 saturated carbocycles. The second-order valence-corrected chi connectivity index (χ2v) is 11.3. The van der Waals surface area contributed by atoms with Crippen molar-refractivity contribution in [3.05, 3.63) is 82.9 Å².